The number of ketones is 2. The largest absolute Gasteiger partial charge is 0.493 e. The van der Waals surface area contributed by atoms with Gasteiger partial charge in [-0.3, -0.25) is 9.59 Å². The maximum absolute atomic E-state index is 12.9. The van der Waals surface area contributed by atoms with Crippen LogP contribution in [0.25, 0.3) is 5.53 Å². The average molecular weight is 374 g/mol. The van der Waals surface area contributed by atoms with Gasteiger partial charge in [-0.25, -0.2) is 0 Å². The fourth-order valence-electron chi connectivity index (χ4n) is 2.54. The fourth-order valence-corrected chi connectivity index (χ4v) is 2.54. The van der Waals surface area contributed by atoms with E-state index in [2.05, 4.69) is 10.7 Å². The number of carbonyl (C=O) groups is 2. The van der Waals surface area contributed by atoms with Gasteiger partial charge < -0.3 is 24.5 Å². The number of hydrogen-bond donors (Lipinski definition) is 0. The van der Waals surface area contributed by atoms with Crippen molar-refractivity contribution in [2.45, 2.75) is 25.9 Å². The average Bonchev–Trinajstić information content (AvgIpc) is 2.68. The molecule has 0 radical (unpaired) electrons. The Hall–Kier alpha value is -3.14. The third-order valence-electron chi connectivity index (χ3n) is 3.79. The van der Waals surface area contributed by atoms with Crippen molar-refractivity contribution < 1.29 is 33.3 Å². The van der Waals surface area contributed by atoms with Crippen molar-refractivity contribution in [3.05, 3.63) is 22.7 Å². The van der Waals surface area contributed by atoms with Gasteiger partial charge in [0.15, 0.2) is 17.3 Å². The molecule has 8 nitrogen and oxygen atoms in total. The van der Waals surface area contributed by atoms with E-state index in [0.717, 1.165) is 6.21 Å². The molecule has 0 aromatic heterocycles. The van der Waals surface area contributed by atoms with Crippen molar-refractivity contribution in [2.75, 3.05) is 27.9 Å². The van der Waals surface area contributed by atoms with Gasteiger partial charge in [0.1, 0.15) is 6.61 Å². The van der Waals surface area contributed by atoms with Gasteiger partial charge in [0.2, 0.25) is 11.5 Å². The maximum atomic E-state index is 12.9. The van der Waals surface area contributed by atoms with Gasteiger partial charge in [0, 0.05) is 12.8 Å². The van der Waals surface area contributed by atoms with Crippen molar-refractivity contribution in [3.63, 3.8) is 0 Å². The van der Waals surface area contributed by atoms with Crippen LogP contribution in [0, 0.1) is 12.3 Å². The Morgan fingerprint density at radius 2 is 1.89 bits per heavy atom. The fraction of sp³-hybridized carbons (Fsp3) is 0.421. The Balaban J connectivity index is 3.46. The number of Topliss-reactive ketones (excluding diaryl/α,β-unsaturated/α-hetero) is 2. The van der Waals surface area contributed by atoms with Crippen molar-refractivity contribution in [2.24, 2.45) is 0 Å². The minimum absolute atomic E-state index is 0.0525. The van der Waals surface area contributed by atoms with Gasteiger partial charge in [0.25, 0.3) is 0 Å². The molecule has 8 heteroatoms. The Kier molecular flexibility index (Phi) is 8.73. The smallest absolute Gasteiger partial charge is 0.323 e. The molecule has 1 unspecified atom stereocenters. The predicted octanol–water partition coefficient (Wildman–Crippen LogP) is 2.26. The first-order chi connectivity index (χ1) is 12.9. The third-order valence-corrected chi connectivity index (χ3v) is 3.79. The van der Waals surface area contributed by atoms with Crippen molar-refractivity contribution in [3.8, 4) is 29.6 Å². The molecule has 1 atom stereocenters. The zero-order valence-corrected chi connectivity index (χ0v) is 15.8. The summed E-state index contributed by atoms with van der Waals surface area (Å²) in [5, 5.41) is 0. The highest BCUT2D eigenvalue weighted by Crippen LogP contribution is 2.44. The number of benzene rings is 1. The lowest BCUT2D eigenvalue weighted by molar-refractivity contribution is -0.116. The van der Waals surface area contributed by atoms with Crippen LogP contribution in [0.4, 0.5) is 0 Å². The molecule has 0 heterocycles. The quantitative estimate of drug-likeness (QED) is 0.193. The first kappa shape index (κ1) is 21.9. The Labute approximate surface area is 158 Å². The first-order valence-electron chi connectivity index (χ1n) is 8.06. The van der Waals surface area contributed by atoms with Crippen LogP contribution in [0.15, 0.2) is 6.07 Å². The van der Waals surface area contributed by atoms with Gasteiger partial charge in [-0.1, -0.05) is 5.92 Å². The molecule has 1 rings (SSSR count). The molecular formula is C19H22N2O6. The second kappa shape index (κ2) is 10.8. The number of ether oxygens (including phenoxy) is 4. The van der Waals surface area contributed by atoms with Crippen LogP contribution in [0.5, 0.6) is 17.2 Å². The molecule has 0 saturated carbocycles. The molecule has 0 saturated heterocycles. The van der Waals surface area contributed by atoms with E-state index >= 15 is 0 Å². The molecule has 0 aliphatic carbocycles. The summed E-state index contributed by atoms with van der Waals surface area (Å²) in [6, 6.07) is 1.62. The van der Waals surface area contributed by atoms with E-state index in [1.807, 2.05) is 0 Å². The topological polar surface area (TPSA) is 107 Å². The second-order valence-corrected chi connectivity index (χ2v) is 5.40. The highest BCUT2D eigenvalue weighted by molar-refractivity contribution is 6.25. The lowest BCUT2D eigenvalue weighted by Crippen LogP contribution is -2.14. The first-order valence-corrected chi connectivity index (χ1v) is 8.06. The molecular weight excluding hydrogens is 352 g/mol. The molecule has 1 aromatic carbocycles. The van der Waals surface area contributed by atoms with Crippen LogP contribution >= 0.6 is 0 Å². The molecule has 144 valence electrons. The normalized spacial score (nSPS) is 10.9. The van der Waals surface area contributed by atoms with Gasteiger partial charge in [-0.15, -0.1) is 6.42 Å². The van der Waals surface area contributed by atoms with Crippen LogP contribution in [0.1, 0.15) is 41.8 Å². The minimum atomic E-state index is -0.539. The molecule has 0 bridgehead atoms. The molecule has 0 aliphatic rings. The van der Waals surface area contributed by atoms with Gasteiger partial charge in [-0.2, -0.15) is 4.79 Å². The van der Waals surface area contributed by atoms with E-state index in [4.69, 9.17) is 30.9 Å². The van der Waals surface area contributed by atoms with Crippen LogP contribution in [-0.4, -0.2) is 50.5 Å². The summed E-state index contributed by atoms with van der Waals surface area (Å²) < 4.78 is 21.6. The molecule has 1 aromatic rings. The summed E-state index contributed by atoms with van der Waals surface area (Å²) in [4.78, 5) is 27.1. The lowest BCUT2D eigenvalue weighted by Gasteiger charge is -2.22. The van der Waals surface area contributed by atoms with E-state index in [1.165, 1.54) is 21.3 Å². The van der Waals surface area contributed by atoms with E-state index in [9.17, 15) is 9.59 Å². The number of methoxy groups -OCH3 is 3. The zero-order valence-electron chi connectivity index (χ0n) is 15.8. The summed E-state index contributed by atoms with van der Waals surface area (Å²) in [5.74, 6) is 2.32. The Bertz CT molecular complexity index is 790. The molecule has 0 spiro atoms. The van der Waals surface area contributed by atoms with E-state index in [-0.39, 0.29) is 42.3 Å². The van der Waals surface area contributed by atoms with Crippen molar-refractivity contribution >= 4 is 17.8 Å². The Morgan fingerprint density at radius 3 is 2.41 bits per heavy atom. The minimum Gasteiger partial charge on any atom is -0.493 e. The second-order valence-electron chi connectivity index (χ2n) is 5.40. The van der Waals surface area contributed by atoms with Crippen LogP contribution in [0.3, 0.4) is 0 Å². The molecule has 27 heavy (non-hydrogen) atoms. The van der Waals surface area contributed by atoms with E-state index in [1.54, 1.807) is 13.0 Å². The van der Waals surface area contributed by atoms with Crippen LogP contribution in [-0.2, 0) is 9.53 Å². The SMILES string of the molecule is C#CCOC(C)c1cc(OC)c(OC)c(OC)c1C(=O)CCC(=O)C=[N+]=[N-]. The molecule has 0 fully saturated rings. The molecule has 0 amide bonds. The molecule has 0 N–H and O–H groups in total. The number of terminal acetylenes is 1. The third kappa shape index (κ3) is 5.42. The van der Waals surface area contributed by atoms with Gasteiger partial charge in [0.05, 0.1) is 33.0 Å². The van der Waals surface area contributed by atoms with Crippen molar-refractivity contribution in [1.82, 2.24) is 0 Å². The predicted molar refractivity (Wildman–Crippen MR) is 97.6 cm³/mol. The summed E-state index contributed by atoms with van der Waals surface area (Å²) in [5.41, 5.74) is 9.12. The van der Waals surface area contributed by atoms with E-state index in [0.29, 0.717) is 11.3 Å². The summed E-state index contributed by atoms with van der Waals surface area (Å²) in [6.45, 7) is 1.79. The Morgan fingerprint density at radius 1 is 1.22 bits per heavy atom. The van der Waals surface area contributed by atoms with Crippen LogP contribution in [0.2, 0.25) is 0 Å². The number of rotatable bonds is 11. The summed E-state index contributed by atoms with van der Waals surface area (Å²) in [6.07, 6.45) is 5.20. The van der Waals surface area contributed by atoms with Gasteiger partial charge >= 0.3 is 6.21 Å². The standard InChI is InChI=1S/C19H22N2O6/c1-6-9-27-12(2)14-10-16(24-3)18(25-4)19(26-5)17(14)15(23)8-7-13(22)11-21-20/h1,10-12H,7-9H2,2-5H3. The highest BCUT2D eigenvalue weighted by atomic mass is 16.5. The summed E-state index contributed by atoms with van der Waals surface area (Å²) in [7, 11) is 4.28. The number of nitrogens with zero attached hydrogens (tertiary/aromatic N) is 2. The maximum Gasteiger partial charge on any atom is 0.323 e. The summed E-state index contributed by atoms with van der Waals surface area (Å²) >= 11 is 0. The molecule has 0 aliphatic heterocycles. The highest BCUT2D eigenvalue weighted by Gasteiger charge is 2.28. The monoisotopic (exact) mass is 374 g/mol. The van der Waals surface area contributed by atoms with Gasteiger partial charge in [-0.05, 0) is 18.6 Å². The zero-order chi connectivity index (χ0) is 20.4. The van der Waals surface area contributed by atoms with Crippen LogP contribution < -0.4 is 14.2 Å². The number of carbonyl (C=O) groups excluding carboxylic acids is 2. The van der Waals surface area contributed by atoms with Crippen molar-refractivity contribution in [1.29, 1.82) is 0 Å². The lowest BCUT2D eigenvalue weighted by atomic mass is 9.94. The van der Waals surface area contributed by atoms with E-state index < -0.39 is 11.9 Å². The number of hydrogen-bond acceptors (Lipinski definition) is 6.